The maximum absolute atomic E-state index is 11.4. The van der Waals surface area contributed by atoms with Gasteiger partial charge in [0.2, 0.25) is 5.91 Å². The molecule has 0 saturated carbocycles. The zero-order valence-corrected chi connectivity index (χ0v) is 9.64. The number of amides is 1. The molecule has 0 saturated heterocycles. The largest absolute Gasteiger partial charge is 0.369 e. The molecule has 1 aromatic heterocycles. The Balaban J connectivity index is 2.54. The topological polar surface area (TPSA) is 78.0 Å². The summed E-state index contributed by atoms with van der Waals surface area (Å²) in [6, 6.07) is 0. The summed E-state index contributed by atoms with van der Waals surface area (Å²) in [5.74, 6) is -0.613. The second-order valence-corrected chi connectivity index (χ2v) is 3.92. The summed E-state index contributed by atoms with van der Waals surface area (Å²) in [7, 11) is 0. The number of nitrogens with zero attached hydrogens (tertiary/aromatic N) is 2. The van der Waals surface area contributed by atoms with Crippen molar-refractivity contribution in [1.82, 2.24) is 9.78 Å². The van der Waals surface area contributed by atoms with Crippen LogP contribution < -0.4 is 5.73 Å². The number of carbonyl (C=O) groups is 2. The average molecular weight is 223 g/mol. The lowest BCUT2D eigenvalue weighted by molar-refractivity contribution is -0.126. The second-order valence-electron chi connectivity index (χ2n) is 3.92. The van der Waals surface area contributed by atoms with Crippen molar-refractivity contribution in [2.24, 2.45) is 5.73 Å². The molecule has 0 bridgehead atoms. The summed E-state index contributed by atoms with van der Waals surface area (Å²) in [5, 5.41) is 4.14. The number of rotatable bonds is 6. The highest BCUT2D eigenvalue weighted by Gasteiger charge is 2.14. The lowest BCUT2D eigenvalue weighted by atomic mass is 9.97. The third kappa shape index (κ3) is 3.49. The minimum Gasteiger partial charge on any atom is -0.369 e. The van der Waals surface area contributed by atoms with Crippen LogP contribution in [-0.4, -0.2) is 21.5 Å². The molecule has 1 atom stereocenters. The molecule has 1 aromatic rings. The fraction of sp³-hybridized carbons (Fsp3) is 0.545. The average Bonchev–Trinajstić information content (AvgIpc) is 2.64. The van der Waals surface area contributed by atoms with E-state index in [1.165, 1.54) is 0 Å². The number of carbonyl (C=O) groups excluding carboxylic acids is 2. The van der Waals surface area contributed by atoms with Gasteiger partial charge in [-0.15, -0.1) is 0 Å². The van der Waals surface area contributed by atoms with Crippen LogP contribution in [0.4, 0.5) is 0 Å². The molecule has 5 heteroatoms. The van der Waals surface area contributed by atoms with E-state index in [0.717, 1.165) is 12.1 Å². The van der Waals surface area contributed by atoms with E-state index in [2.05, 4.69) is 5.10 Å². The Labute approximate surface area is 94.6 Å². The lowest BCUT2D eigenvalue weighted by Gasteiger charge is -2.06. The number of Topliss-reactive ketones (excluding diaryl/α,β-unsaturated/α-hetero) is 1. The Morgan fingerprint density at radius 1 is 1.56 bits per heavy atom. The highest BCUT2D eigenvalue weighted by atomic mass is 16.2. The number of ketones is 1. The first-order chi connectivity index (χ1) is 7.52. The van der Waals surface area contributed by atoms with E-state index in [9.17, 15) is 9.59 Å². The van der Waals surface area contributed by atoms with E-state index < -0.39 is 5.91 Å². The van der Waals surface area contributed by atoms with Crippen LogP contribution in [0.25, 0.3) is 0 Å². The predicted octanol–water partition coefficient (Wildman–Crippen LogP) is 0.841. The van der Waals surface area contributed by atoms with E-state index >= 15 is 0 Å². The predicted molar refractivity (Wildman–Crippen MR) is 59.8 cm³/mol. The molecule has 0 aliphatic heterocycles. The van der Waals surface area contributed by atoms with Crippen molar-refractivity contribution < 1.29 is 9.59 Å². The van der Waals surface area contributed by atoms with Crippen molar-refractivity contribution in [2.45, 2.75) is 39.2 Å². The quantitative estimate of drug-likeness (QED) is 0.726. The van der Waals surface area contributed by atoms with Gasteiger partial charge >= 0.3 is 0 Å². The Bertz CT molecular complexity index is 384. The Hall–Kier alpha value is -1.65. The molecule has 0 aliphatic rings. The van der Waals surface area contributed by atoms with E-state index in [-0.39, 0.29) is 18.1 Å². The summed E-state index contributed by atoms with van der Waals surface area (Å²) >= 11 is 0. The molecule has 88 valence electrons. The van der Waals surface area contributed by atoms with Gasteiger partial charge in [0, 0.05) is 19.2 Å². The number of hydrogen-bond donors (Lipinski definition) is 1. The summed E-state index contributed by atoms with van der Waals surface area (Å²) in [6.07, 6.45) is 3.83. The van der Waals surface area contributed by atoms with Gasteiger partial charge in [0.25, 0.3) is 0 Å². The molecule has 1 amide bonds. The van der Waals surface area contributed by atoms with Gasteiger partial charge in [-0.1, -0.05) is 6.92 Å². The van der Waals surface area contributed by atoms with Crippen molar-refractivity contribution in [3.8, 4) is 0 Å². The molecule has 16 heavy (non-hydrogen) atoms. The fourth-order valence-electron chi connectivity index (χ4n) is 1.53. The van der Waals surface area contributed by atoms with Crippen LogP contribution in [0.15, 0.2) is 12.4 Å². The first kappa shape index (κ1) is 12.4. The summed E-state index contributed by atoms with van der Waals surface area (Å²) in [5.41, 5.74) is 5.97. The maximum atomic E-state index is 11.4. The summed E-state index contributed by atoms with van der Waals surface area (Å²) in [6.45, 7) is 4.75. The highest BCUT2D eigenvalue weighted by Crippen LogP contribution is 2.18. The smallest absolute Gasteiger partial charge is 0.224 e. The van der Waals surface area contributed by atoms with Crippen LogP contribution in [0.5, 0.6) is 0 Å². The third-order valence-corrected chi connectivity index (χ3v) is 2.45. The zero-order valence-electron chi connectivity index (χ0n) is 9.64. The van der Waals surface area contributed by atoms with Gasteiger partial charge in [0.05, 0.1) is 12.6 Å². The number of aromatic nitrogens is 2. The Kier molecular flexibility index (Phi) is 4.22. The van der Waals surface area contributed by atoms with E-state index in [1.54, 1.807) is 6.20 Å². The lowest BCUT2D eigenvalue weighted by Crippen LogP contribution is -2.17. The SMILES string of the molecule is CCn1cc(C(C)CC(=O)CC(N)=O)cn1. The van der Waals surface area contributed by atoms with Crippen molar-refractivity contribution in [3.63, 3.8) is 0 Å². The molecule has 0 fully saturated rings. The molecular weight excluding hydrogens is 206 g/mol. The number of nitrogens with two attached hydrogens (primary N) is 1. The van der Waals surface area contributed by atoms with Crippen LogP contribution >= 0.6 is 0 Å². The third-order valence-electron chi connectivity index (χ3n) is 2.45. The molecule has 0 spiro atoms. The number of primary amides is 1. The Morgan fingerprint density at radius 3 is 2.75 bits per heavy atom. The van der Waals surface area contributed by atoms with Gasteiger partial charge in [0.1, 0.15) is 5.78 Å². The molecule has 1 heterocycles. The van der Waals surface area contributed by atoms with Crippen molar-refractivity contribution in [2.75, 3.05) is 0 Å². The highest BCUT2D eigenvalue weighted by molar-refractivity contribution is 5.97. The number of aryl methyl sites for hydroxylation is 1. The minimum absolute atomic E-state index is 0.0761. The van der Waals surface area contributed by atoms with Crippen LogP contribution in [0.2, 0.25) is 0 Å². The van der Waals surface area contributed by atoms with Crippen molar-refractivity contribution >= 4 is 11.7 Å². The van der Waals surface area contributed by atoms with E-state index in [0.29, 0.717) is 6.42 Å². The molecule has 0 aliphatic carbocycles. The van der Waals surface area contributed by atoms with Gasteiger partial charge in [-0.2, -0.15) is 5.10 Å². The monoisotopic (exact) mass is 223 g/mol. The summed E-state index contributed by atoms with van der Waals surface area (Å²) in [4.78, 5) is 21.9. The van der Waals surface area contributed by atoms with Crippen molar-refractivity contribution in [3.05, 3.63) is 18.0 Å². The molecule has 5 nitrogen and oxygen atoms in total. The maximum Gasteiger partial charge on any atom is 0.224 e. The molecule has 0 aromatic carbocycles. The molecular formula is C11H17N3O2. The standard InChI is InChI=1S/C11H17N3O2/c1-3-14-7-9(6-13-14)8(2)4-10(15)5-11(12)16/h6-8H,3-5H2,1-2H3,(H2,12,16). The fourth-order valence-corrected chi connectivity index (χ4v) is 1.53. The minimum atomic E-state index is -0.568. The zero-order chi connectivity index (χ0) is 12.1. The normalized spacial score (nSPS) is 12.4. The van der Waals surface area contributed by atoms with Crippen LogP contribution in [0.3, 0.4) is 0 Å². The molecule has 1 rings (SSSR count). The van der Waals surface area contributed by atoms with Gasteiger partial charge in [-0.3, -0.25) is 14.3 Å². The van der Waals surface area contributed by atoms with Crippen LogP contribution in [-0.2, 0) is 16.1 Å². The summed E-state index contributed by atoms with van der Waals surface area (Å²) < 4.78 is 1.81. The van der Waals surface area contributed by atoms with Crippen LogP contribution in [0, 0.1) is 0 Å². The molecule has 0 radical (unpaired) electrons. The van der Waals surface area contributed by atoms with Gasteiger partial charge in [0.15, 0.2) is 0 Å². The molecule has 1 unspecified atom stereocenters. The van der Waals surface area contributed by atoms with Crippen molar-refractivity contribution in [1.29, 1.82) is 0 Å². The van der Waals surface area contributed by atoms with E-state index in [1.807, 2.05) is 24.7 Å². The van der Waals surface area contributed by atoms with E-state index in [4.69, 9.17) is 5.73 Å². The van der Waals surface area contributed by atoms with Crippen LogP contribution in [0.1, 0.15) is 38.2 Å². The van der Waals surface area contributed by atoms with Gasteiger partial charge in [-0.05, 0) is 18.4 Å². The second kappa shape index (κ2) is 5.44. The first-order valence-electron chi connectivity index (χ1n) is 5.35. The number of hydrogen-bond acceptors (Lipinski definition) is 3. The molecule has 2 N–H and O–H groups in total. The first-order valence-corrected chi connectivity index (χ1v) is 5.35. The van der Waals surface area contributed by atoms with Gasteiger partial charge < -0.3 is 5.73 Å². The van der Waals surface area contributed by atoms with Gasteiger partial charge in [-0.25, -0.2) is 0 Å². The Morgan fingerprint density at radius 2 is 2.25 bits per heavy atom.